The zero-order valence-corrected chi connectivity index (χ0v) is 16.4. The summed E-state index contributed by atoms with van der Waals surface area (Å²) >= 11 is 0. The van der Waals surface area contributed by atoms with Crippen molar-refractivity contribution in [2.24, 2.45) is 0 Å². The summed E-state index contributed by atoms with van der Waals surface area (Å²) in [6.07, 6.45) is -0.923. The Labute approximate surface area is 162 Å². The lowest BCUT2D eigenvalue weighted by atomic mass is 10.3. The van der Waals surface area contributed by atoms with Crippen molar-refractivity contribution in [3.05, 3.63) is 58.6 Å². The van der Waals surface area contributed by atoms with Crippen molar-refractivity contribution < 1.29 is 22.9 Å². The summed E-state index contributed by atoms with van der Waals surface area (Å²) in [6, 6.07) is 11.0. The number of benzene rings is 2. The Morgan fingerprint density at radius 1 is 1.11 bits per heavy atom. The van der Waals surface area contributed by atoms with Gasteiger partial charge in [0.15, 0.2) is 6.10 Å². The van der Waals surface area contributed by atoms with E-state index < -0.39 is 27.0 Å². The van der Waals surface area contributed by atoms with Crippen molar-refractivity contribution >= 4 is 27.3 Å². The van der Waals surface area contributed by atoms with Crippen LogP contribution in [0.5, 0.6) is 5.75 Å². The molecule has 0 radical (unpaired) electrons. The van der Waals surface area contributed by atoms with E-state index in [1.165, 1.54) is 55.5 Å². The van der Waals surface area contributed by atoms with Crippen molar-refractivity contribution in [3.63, 3.8) is 0 Å². The molecule has 2 aromatic rings. The van der Waals surface area contributed by atoms with Crippen LogP contribution in [0.3, 0.4) is 0 Å². The summed E-state index contributed by atoms with van der Waals surface area (Å²) in [4.78, 5) is 22.6. The molecule has 1 atom stereocenters. The fraction of sp³-hybridized carbons (Fsp3) is 0.278. The van der Waals surface area contributed by atoms with Gasteiger partial charge in [-0.3, -0.25) is 14.9 Å². The Bertz CT molecular complexity index is 958. The molecule has 0 fully saturated rings. The number of ether oxygens (including phenoxy) is 1. The Balaban J connectivity index is 2.02. The van der Waals surface area contributed by atoms with E-state index in [4.69, 9.17) is 4.74 Å². The van der Waals surface area contributed by atoms with Crippen molar-refractivity contribution in [1.29, 1.82) is 0 Å². The summed E-state index contributed by atoms with van der Waals surface area (Å²) in [5.74, 6) is -0.291. The number of nitro groups is 1. The minimum Gasteiger partial charge on any atom is -0.481 e. The van der Waals surface area contributed by atoms with Gasteiger partial charge in [-0.25, -0.2) is 13.1 Å². The normalized spacial score (nSPS) is 12.4. The molecular formula is C18H21N3O6S. The largest absolute Gasteiger partial charge is 0.481 e. The van der Waals surface area contributed by atoms with E-state index in [9.17, 15) is 23.3 Å². The number of nitro benzene ring substituents is 1. The van der Waals surface area contributed by atoms with Crippen LogP contribution < -0.4 is 14.8 Å². The third-order valence-corrected chi connectivity index (χ3v) is 5.21. The van der Waals surface area contributed by atoms with Gasteiger partial charge >= 0.3 is 0 Å². The molecule has 0 aliphatic rings. The predicted molar refractivity (Wildman–Crippen MR) is 104 cm³/mol. The minimum atomic E-state index is -3.62. The second kappa shape index (κ2) is 8.81. The van der Waals surface area contributed by atoms with E-state index in [-0.39, 0.29) is 22.4 Å². The maximum atomic E-state index is 12.3. The summed E-state index contributed by atoms with van der Waals surface area (Å²) in [5, 5.41) is 13.4. The van der Waals surface area contributed by atoms with Gasteiger partial charge < -0.3 is 10.1 Å². The third-order valence-electron chi connectivity index (χ3n) is 3.53. The number of carbonyl (C=O) groups excluding carboxylic acids is 1. The van der Waals surface area contributed by atoms with Crippen LogP contribution in [0.4, 0.5) is 11.4 Å². The van der Waals surface area contributed by atoms with E-state index in [1.807, 2.05) is 0 Å². The third kappa shape index (κ3) is 5.76. The van der Waals surface area contributed by atoms with Crippen molar-refractivity contribution in [2.75, 3.05) is 5.32 Å². The molecule has 0 saturated heterocycles. The molecule has 0 heterocycles. The predicted octanol–water partition coefficient (Wildman–Crippen LogP) is 2.69. The standard InChI is InChI=1S/C18H21N3O6S/c1-12(2)20-28(25,26)17-9-7-14(8-10-17)19-18(22)13(3)27-16-6-4-5-15(11-16)21(23)24/h4-13,20H,1-3H3,(H,19,22)/t13-/m0/s1. The van der Waals surface area contributed by atoms with Crippen molar-refractivity contribution in [2.45, 2.75) is 37.8 Å². The number of anilines is 1. The van der Waals surface area contributed by atoms with Gasteiger partial charge in [0, 0.05) is 17.8 Å². The number of hydrogen-bond acceptors (Lipinski definition) is 6. The molecule has 0 aliphatic heterocycles. The van der Waals surface area contributed by atoms with E-state index in [0.717, 1.165) is 0 Å². The fourth-order valence-electron chi connectivity index (χ4n) is 2.27. The first-order valence-electron chi connectivity index (χ1n) is 8.43. The van der Waals surface area contributed by atoms with Gasteiger partial charge in [0.05, 0.1) is 15.9 Å². The lowest BCUT2D eigenvalue weighted by molar-refractivity contribution is -0.384. The SMILES string of the molecule is CC(C)NS(=O)(=O)c1ccc(NC(=O)[C@H](C)Oc2cccc([N+](=O)[O-])c2)cc1. The maximum absolute atomic E-state index is 12.3. The van der Waals surface area contributed by atoms with Crippen LogP contribution in [0.25, 0.3) is 0 Å². The maximum Gasteiger partial charge on any atom is 0.273 e. The zero-order chi connectivity index (χ0) is 20.9. The highest BCUT2D eigenvalue weighted by atomic mass is 32.2. The average Bonchev–Trinajstić information content (AvgIpc) is 2.61. The van der Waals surface area contributed by atoms with Gasteiger partial charge in [-0.15, -0.1) is 0 Å². The number of nitrogens with one attached hydrogen (secondary N) is 2. The Kier molecular flexibility index (Phi) is 6.71. The molecule has 9 nitrogen and oxygen atoms in total. The number of sulfonamides is 1. The van der Waals surface area contributed by atoms with Gasteiger partial charge in [0.1, 0.15) is 5.75 Å². The highest BCUT2D eigenvalue weighted by Crippen LogP contribution is 2.21. The summed E-state index contributed by atoms with van der Waals surface area (Å²) in [6.45, 7) is 4.93. The highest BCUT2D eigenvalue weighted by molar-refractivity contribution is 7.89. The minimum absolute atomic E-state index is 0.0834. The van der Waals surface area contributed by atoms with Crippen LogP contribution in [-0.2, 0) is 14.8 Å². The smallest absolute Gasteiger partial charge is 0.273 e. The van der Waals surface area contributed by atoms with Crippen molar-refractivity contribution in [1.82, 2.24) is 4.72 Å². The first kappa shape index (κ1) is 21.3. The molecule has 0 aromatic heterocycles. The second-order valence-electron chi connectivity index (χ2n) is 6.30. The van der Waals surface area contributed by atoms with Gasteiger partial charge in [-0.05, 0) is 51.1 Å². The molecule has 2 rings (SSSR count). The summed E-state index contributed by atoms with van der Waals surface area (Å²) in [7, 11) is -3.62. The fourth-order valence-corrected chi connectivity index (χ4v) is 3.52. The van der Waals surface area contributed by atoms with E-state index >= 15 is 0 Å². The van der Waals surface area contributed by atoms with Gasteiger partial charge in [-0.2, -0.15) is 0 Å². The highest BCUT2D eigenvalue weighted by Gasteiger charge is 2.18. The van der Waals surface area contributed by atoms with Crippen LogP contribution in [0.15, 0.2) is 53.4 Å². The molecule has 0 saturated carbocycles. The Morgan fingerprint density at radius 3 is 2.32 bits per heavy atom. The van der Waals surface area contributed by atoms with Crippen LogP contribution in [-0.4, -0.2) is 31.4 Å². The van der Waals surface area contributed by atoms with E-state index in [0.29, 0.717) is 5.69 Å². The molecule has 150 valence electrons. The molecule has 10 heteroatoms. The molecular weight excluding hydrogens is 386 g/mol. The summed E-state index contributed by atoms with van der Waals surface area (Å²) in [5.41, 5.74) is 0.250. The molecule has 0 aliphatic carbocycles. The molecule has 2 N–H and O–H groups in total. The molecule has 0 unspecified atom stereocenters. The van der Waals surface area contributed by atoms with Crippen LogP contribution >= 0.6 is 0 Å². The van der Waals surface area contributed by atoms with Crippen molar-refractivity contribution in [3.8, 4) is 5.75 Å². The number of non-ortho nitro benzene ring substituents is 1. The number of carbonyl (C=O) groups is 1. The topological polar surface area (TPSA) is 128 Å². The molecule has 0 bridgehead atoms. The number of rotatable bonds is 8. The van der Waals surface area contributed by atoms with Gasteiger partial charge in [0.2, 0.25) is 10.0 Å². The van der Waals surface area contributed by atoms with Gasteiger partial charge in [-0.1, -0.05) is 6.07 Å². The first-order chi connectivity index (χ1) is 13.1. The molecule has 0 spiro atoms. The van der Waals surface area contributed by atoms with Crippen LogP contribution in [0.2, 0.25) is 0 Å². The molecule has 2 aromatic carbocycles. The first-order valence-corrected chi connectivity index (χ1v) is 9.91. The monoisotopic (exact) mass is 407 g/mol. The zero-order valence-electron chi connectivity index (χ0n) is 15.6. The van der Waals surface area contributed by atoms with Gasteiger partial charge in [0.25, 0.3) is 11.6 Å². The molecule has 1 amide bonds. The van der Waals surface area contributed by atoms with Crippen LogP contribution in [0.1, 0.15) is 20.8 Å². The lowest BCUT2D eigenvalue weighted by Gasteiger charge is -2.15. The van der Waals surface area contributed by atoms with E-state index in [2.05, 4.69) is 10.0 Å². The number of amides is 1. The second-order valence-corrected chi connectivity index (χ2v) is 8.02. The average molecular weight is 407 g/mol. The Hall–Kier alpha value is -2.98. The van der Waals surface area contributed by atoms with Crippen LogP contribution in [0, 0.1) is 10.1 Å². The molecule has 28 heavy (non-hydrogen) atoms. The Morgan fingerprint density at radius 2 is 1.75 bits per heavy atom. The van der Waals surface area contributed by atoms with E-state index in [1.54, 1.807) is 13.8 Å². The number of nitrogens with zero attached hydrogens (tertiary/aromatic N) is 1. The summed E-state index contributed by atoms with van der Waals surface area (Å²) < 4.78 is 32.1. The lowest BCUT2D eigenvalue weighted by Crippen LogP contribution is -2.31. The number of hydrogen-bond donors (Lipinski definition) is 2. The quantitative estimate of drug-likeness (QED) is 0.511.